The Morgan fingerprint density at radius 3 is 3.21 bits per heavy atom. The van der Waals surface area contributed by atoms with Gasteiger partial charge in [-0.25, -0.2) is 0 Å². The molecular formula is C12H14BrN. The highest BCUT2D eigenvalue weighted by Crippen LogP contribution is 2.39. The van der Waals surface area contributed by atoms with Crippen LogP contribution in [0.15, 0.2) is 22.7 Å². The predicted octanol–water partition coefficient (Wildman–Crippen LogP) is 2.84. The molecule has 0 saturated carbocycles. The van der Waals surface area contributed by atoms with Gasteiger partial charge < -0.3 is 5.32 Å². The fourth-order valence-electron chi connectivity index (χ4n) is 2.89. The van der Waals surface area contributed by atoms with Gasteiger partial charge in [-0.2, -0.15) is 0 Å². The topological polar surface area (TPSA) is 12.0 Å². The number of nitrogens with one attached hydrogen (secondary N) is 1. The van der Waals surface area contributed by atoms with Gasteiger partial charge in [-0.3, -0.25) is 0 Å². The number of hydrogen-bond donors (Lipinski definition) is 1. The predicted molar refractivity (Wildman–Crippen MR) is 61.6 cm³/mol. The monoisotopic (exact) mass is 251 g/mol. The highest BCUT2D eigenvalue weighted by atomic mass is 79.9. The van der Waals surface area contributed by atoms with Gasteiger partial charge in [0.2, 0.25) is 0 Å². The molecule has 14 heavy (non-hydrogen) atoms. The molecule has 2 unspecified atom stereocenters. The van der Waals surface area contributed by atoms with Gasteiger partial charge in [-0.15, -0.1) is 0 Å². The Morgan fingerprint density at radius 1 is 1.36 bits per heavy atom. The molecule has 0 aromatic heterocycles. The van der Waals surface area contributed by atoms with Crippen molar-refractivity contribution in [2.24, 2.45) is 0 Å². The maximum Gasteiger partial charge on any atom is 0.0178 e. The summed E-state index contributed by atoms with van der Waals surface area (Å²) in [6.07, 6.45) is 3.92. The molecule has 2 atom stereocenters. The van der Waals surface area contributed by atoms with E-state index in [0.717, 1.165) is 5.92 Å². The van der Waals surface area contributed by atoms with E-state index in [1.54, 1.807) is 11.1 Å². The summed E-state index contributed by atoms with van der Waals surface area (Å²) in [6.45, 7) is 1.20. The van der Waals surface area contributed by atoms with Gasteiger partial charge in [0.05, 0.1) is 0 Å². The van der Waals surface area contributed by atoms with Crippen LogP contribution in [0.2, 0.25) is 0 Å². The highest BCUT2D eigenvalue weighted by molar-refractivity contribution is 9.10. The Balaban J connectivity index is 2.01. The SMILES string of the molecule is Brc1ccc2c(c1)CC1NCCCC21. The molecule has 0 spiro atoms. The van der Waals surface area contributed by atoms with E-state index in [4.69, 9.17) is 0 Å². The minimum absolute atomic E-state index is 0.716. The Hall–Kier alpha value is -0.340. The zero-order chi connectivity index (χ0) is 9.54. The number of rotatable bonds is 0. The van der Waals surface area contributed by atoms with E-state index < -0.39 is 0 Å². The first-order valence-electron chi connectivity index (χ1n) is 5.36. The lowest BCUT2D eigenvalue weighted by Gasteiger charge is -2.26. The minimum atomic E-state index is 0.716. The van der Waals surface area contributed by atoms with Crippen molar-refractivity contribution in [1.82, 2.24) is 5.32 Å². The van der Waals surface area contributed by atoms with Gasteiger partial charge in [0.15, 0.2) is 0 Å². The van der Waals surface area contributed by atoms with Crippen molar-refractivity contribution < 1.29 is 0 Å². The fourth-order valence-corrected chi connectivity index (χ4v) is 3.30. The first kappa shape index (κ1) is 8.93. The standard InChI is InChI=1S/C12H14BrN/c13-9-3-4-10-8(6-9)7-12-11(10)2-1-5-14-12/h3-4,6,11-12,14H,1-2,5,7H2. The Kier molecular flexibility index (Phi) is 2.14. The number of fused-ring (bicyclic) bond motifs is 3. The van der Waals surface area contributed by atoms with Crippen LogP contribution in [0.25, 0.3) is 0 Å². The third kappa shape index (κ3) is 1.32. The summed E-state index contributed by atoms with van der Waals surface area (Å²) in [6, 6.07) is 7.48. The van der Waals surface area contributed by atoms with Crippen molar-refractivity contribution in [3.05, 3.63) is 33.8 Å². The molecule has 74 valence electrons. The molecule has 0 bridgehead atoms. The Labute approximate surface area is 93.0 Å². The summed E-state index contributed by atoms with van der Waals surface area (Å²) >= 11 is 3.54. The average molecular weight is 252 g/mol. The van der Waals surface area contributed by atoms with Crippen LogP contribution >= 0.6 is 15.9 Å². The Bertz CT molecular complexity index is 361. The van der Waals surface area contributed by atoms with Crippen LogP contribution in [0.5, 0.6) is 0 Å². The van der Waals surface area contributed by atoms with Crippen LogP contribution in [-0.4, -0.2) is 12.6 Å². The van der Waals surface area contributed by atoms with Crippen LogP contribution in [0.4, 0.5) is 0 Å². The van der Waals surface area contributed by atoms with Gasteiger partial charge in [-0.05, 0) is 55.0 Å². The second-order valence-electron chi connectivity index (χ2n) is 4.36. The Morgan fingerprint density at radius 2 is 2.29 bits per heavy atom. The van der Waals surface area contributed by atoms with Crippen molar-refractivity contribution >= 4 is 15.9 Å². The molecule has 1 saturated heterocycles. The van der Waals surface area contributed by atoms with Gasteiger partial charge in [0.25, 0.3) is 0 Å². The summed E-state index contributed by atoms with van der Waals surface area (Å²) in [5.74, 6) is 0.784. The molecule has 1 nitrogen and oxygen atoms in total. The summed E-state index contributed by atoms with van der Waals surface area (Å²) in [5.41, 5.74) is 3.13. The van der Waals surface area contributed by atoms with E-state index in [2.05, 4.69) is 39.4 Å². The van der Waals surface area contributed by atoms with E-state index in [-0.39, 0.29) is 0 Å². The molecule has 2 aliphatic rings. The number of hydrogen-bond acceptors (Lipinski definition) is 1. The molecule has 1 aromatic rings. The van der Waals surface area contributed by atoms with Crippen molar-refractivity contribution in [2.75, 3.05) is 6.54 Å². The summed E-state index contributed by atoms with van der Waals surface area (Å²) in [7, 11) is 0. The van der Waals surface area contributed by atoms with E-state index in [1.165, 1.54) is 30.3 Å². The van der Waals surface area contributed by atoms with Gasteiger partial charge in [-0.1, -0.05) is 22.0 Å². The maximum absolute atomic E-state index is 3.63. The maximum atomic E-state index is 3.63. The zero-order valence-corrected chi connectivity index (χ0v) is 9.68. The lowest BCUT2D eigenvalue weighted by atomic mass is 9.90. The molecule has 0 radical (unpaired) electrons. The quantitative estimate of drug-likeness (QED) is 0.748. The molecule has 1 aliphatic carbocycles. The molecular weight excluding hydrogens is 238 g/mol. The molecule has 1 aliphatic heterocycles. The highest BCUT2D eigenvalue weighted by Gasteiger charge is 2.33. The van der Waals surface area contributed by atoms with Crippen LogP contribution in [-0.2, 0) is 6.42 Å². The summed E-state index contributed by atoms with van der Waals surface area (Å²) in [4.78, 5) is 0. The van der Waals surface area contributed by atoms with Crippen molar-refractivity contribution in [3.63, 3.8) is 0 Å². The molecule has 1 N–H and O–H groups in total. The third-order valence-electron chi connectivity index (χ3n) is 3.53. The minimum Gasteiger partial charge on any atom is -0.313 e. The first-order chi connectivity index (χ1) is 6.84. The van der Waals surface area contributed by atoms with Gasteiger partial charge in [0, 0.05) is 10.5 Å². The third-order valence-corrected chi connectivity index (χ3v) is 4.02. The van der Waals surface area contributed by atoms with Crippen LogP contribution in [0.1, 0.15) is 29.9 Å². The molecule has 3 rings (SSSR count). The summed E-state index contributed by atoms with van der Waals surface area (Å²) < 4.78 is 1.22. The fraction of sp³-hybridized carbons (Fsp3) is 0.500. The molecule has 1 aromatic carbocycles. The van der Waals surface area contributed by atoms with Crippen molar-refractivity contribution in [2.45, 2.75) is 31.2 Å². The molecule has 0 amide bonds. The normalized spacial score (nSPS) is 29.8. The van der Waals surface area contributed by atoms with Crippen molar-refractivity contribution in [3.8, 4) is 0 Å². The number of benzene rings is 1. The van der Waals surface area contributed by atoms with Crippen molar-refractivity contribution in [1.29, 1.82) is 0 Å². The zero-order valence-electron chi connectivity index (χ0n) is 8.09. The number of piperidine rings is 1. The van der Waals surface area contributed by atoms with Gasteiger partial charge in [0.1, 0.15) is 0 Å². The van der Waals surface area contributed by atoms with Crippen LogP contribution < -0.4 is 5.32 Å². The van der Waals surface area contributed by atoms with Crippen LogP contribution in [0, 0.1) is 0 Å². The molecule has 1 heterocycles. The van der Waals surface area contributed by atoms with E-state index >= 15 is 0 Å². The largest absolute Gasteiger partial charge is 0.313 e. The second-order valence-corrected chi connectivity index (χ2v) is 5.27. The van der Waals surface area contributed by atoms with Crippen LogP contribution in [0.3, 0.4) is 0 Å². The number of halogens is 1. The van der Waals surface area contributed by atoms with E-state index in [1.807, 2.05) is 0 Å². The van der Waals surface area contributed by atoms with E-state index in [0.29, 0.717) is 6.04 Å². The molecule has 2 heteroatoms. The lowest BCUT2D eigenvalue weighted by Crippen LogP contribution is -2.37. The lowest BCUT2D eigenvalue weighted by molar-refractivity contribution is 0.372. The summed E-state index contributed by atoms with van der Waals surface area (Å²) in [5, 5.41) is 3.63. The van der Waals surface area contributed by atoms with Gasteiger partial charge >= 0.3 is 0 Å². The molecule has 1 fully saturated rings. The van der Waals surface area contributed by atoms with E-state index in [9.17, 15) is 0 Å². The first-order valence-corrected chi connectivity index (χ1v) is 6.15. The smallest absolute Gasteiger partial charge is 0.0178 e. The second kappa shape index (κ2) is 3.35. The average Bonchev–Trinajstić information content (AvgIpc) is 2.54.